The number of hydrogen-bond acceptors (Lipinski definition) is 3. The van der Waals surface area contributed by atoms with Crippen LogP contribution in [0.2, 0.25) is 0 Å². The van der Waals surface area contributed by atoms with Crippen LogP contribution in [-0.4, -0.2) is 47.8 Å². The molecule has 1 unspecified atom stereocenters. The summed E-state index contributed by atoms with van der Waals surface area (Å²) in [5.41, 5.74) is -0.0185. The molecule has 0 radical (unpaired) electrons. The highest BCUT2D eigenvalue weighted by atomic mass is 16.3. The lowest BCUT2D eigenvalue weighted by molar-refractivity contribution is 0.0135. The van der Waals surface area contributed by atoms with Crippen molar-refractivity contribution in [1.29, 1.82) is 0 Å². The first-order chi connectivity index (χ1) is 10.3. The number of piperidine rings is 1. The molecule has 0 aromatic heterocycles. The Bertz CT molecular complexity index is 329. The second-order valence-electron chi connectivity index (χ2n) is 7.74. The lowest BCUT2D eigenvalue weighted by Crippen LogP contribution is -2.61. The van der Waals surface area contributed by atoms with Crippen LogP contribution in [0.1, 0.15) is 64.7 Å². The van der Waals surface area contributed by atoms with E-state index < -0.39 is 0 Å². The summed E-state index contributed by atoms with van der Waals surface area (Å²) < 4.78 is 0. The highest BCUT2D eigenvalue weighted by Gasteiger charge is 2.47. The third-order valence-electron chi connectivity index (χ3n) is 6.21. The first kappa shape index (κ1) is 15.8. The largest absolute Gasteiger partial charge is 0.394 e. The van der Waals surface area contributed by atoms with E-state index in [1.165, 1.54) is 57.9 Å². The van der Waals surface area contributed by atoms with Crippen molar-refractivity contribution < 1.29 is 5.11 Å². The Morgan fingerprint density at radius 1 is 1.10 bits per heavy atom. The van der Waals surface area contributed by atoms with Crippen LogP contribution in [0, 0.1) is 11.8 Å². The van der Waals surface area contributed by atoms with Crippen LogP contribution in [0.4, 0.5) is 0 Å². The molecule has 1 aliphatic heterocycles. The van der Waals surface area contributed by atoms with E-state index in [9.17, 15) is 5.11 Å². The Labute approximate surface area is 130 Å². The molecule has 0 spiro atoms. The summed E-state index contributed by atoms with van der Waals surface area (Å²) in [5.74, 6) is 1.65. The zero-order valence-electron chi connectivity index (χ0n) is 13.8. The van der Waals surface area contributed by atoms with Crippen LogP contribution in [0.3, 0.4) is 0 Å². The van der Waals surface area contributed by atoms with Gasteiger partial charge in [0, 0.05) is 12.6 Å². The predicted molar refractivity (Wildman–Crippen MR) is 87.4 cm³/mol. The fourth-order valence-electron chi connectivity index (χ4n) is 4.86. The van der Waals surface area contributed by atoms with Gasteiger partial charge < -0.3 is 10.4 Å². The molecule has 3 rings (SSSR count). The third-order valence-corrected chi connectivity index (χ3v) is 6.21. The van der Waals surface area contributed by atoms with E-state index in [-0.39, 0.29) is 5.54 Å². The molecule has 3 heteroatoms. The molecule has 1 saturated heterocycles. The van der Waals surface area contributed by atoms with Gasteiger partial charge in [0.25, 0.3) is 0 Å². The van der Waals surface area contributed by atoms with Crippen molar-refractivity contribution in [2.24, 2.45) is 11.8 Å². The number of hydrogen-bond donors (Lipinski definition) is 2. The van der Waals surface area contributed by atoms with E-state index in [2.05, 4.69) is 17.1 Å². The van der Waals surface area contributed by atoms with Gasteiger partial charge in [-0.1, -0.05) is 19.8 Å². The number of likely N-dealkylation sites (tertiary alicyclic amines) is 1. The van der Waals surface area contributed by atoms with Crippen molar-refractivity contribution in [3.63, 3.8) is 0 Å². The fourth-order valence-corrected chi connectivity index (χ4v) is 4.86. The number of aliphatic hydroxyl groups is 1. The summed E-state index contributed by atoms with van der Waals surface area (Å²) >= 11 is 0. The van der Waals surface area contributed by atoms with E-state index in [4.69, 9.17) is 0 Å². The highest BCUT2D eigenvalue weighted by Crippen LogP contribution is 2.42. The third kappa shape index (κ3) is 3.46. The smallest absolute Gasteiger partial charge is 0.0628 e. The molecule has 3 aliphatic rings. The molecule has 1 heterocycles. The molecule has 0 amide bonds. The summed E-state index contributed by atoms with van der Waals surface area (Å²) in [6.45, 7) is 5.91. The quantitative estimate of drug-likeness (QED) is 0.758. The second-order valence-corrected chi connectivity index (χ2v) is 7.74. The van der Waals surface area contributed by atoms with Gasteiger partial charge in [-0.25, -0.2) is 0 Å². The SMILES string of the molecule is CCCNC(CO)(CN1CCC[C@H]2CCCC[C@H]21)C1CC1. The molecule has 0 aromatic rings. The number of fused-ring (bicyclic) bond motifs is 1. The fraction of sp³-hybridized carbons (Fsp3) is 1.00. The molecule has 122 valence electrons. The number of nitrogens with zero attached hydrogens (tertiary/aromatic N) is 1. The summed E-state index contributed by atoms with van der Waals surface area (Å²) in [4.78, 5) is 2.75. The van der Waals surface area contributed by atoms with Crippen molar-refractivity contribution in [1.82, 2.24) is 10.2 Å². The zero-order valence-corrected chi connectivity index (χ0v) is 13.8. The van der Waals surface area contributed by atoms with Crippen LogP contribution in [0.5, 0.6) is 0 Å². The van der Waals surface area contributed by atoms with E-state index in [0.29, 0.717) is 12.5 Å². The Kier molecular flexibility index (Phi) is 5.23. The minimum absolute atomic E-state index is 0.0185. The topological polar surface area (TPSA) is 35.5 Å². The van der Waals surface area contributed by atoms with Crippen LogP contribution in [0.15, 0.2) is 0 Å². The second kappa shape index (κ2) is 6.97. The van der Waals surface area contributed by atoms with Crippen molar-refractivity contribution in [2.75, 3.05) is 26.2 Å². The molecule has 2 N–H and O–H groups in total. The minimum atomic E-state index is -0.0185. The van der Waals surface area contributed by atoms with Crippen LogP contribution in [0.25, 0.3) is 0 Å². The van der Waals surface area contributed by atoms with Gasteiger partial charge in [0.2, 0.25) is 0 Å². The molecular formula is C18H34N2O. The average Bonchev–Trinajstić information content (AvgIpc) is 3.37. The summed E-state index contributed by atoms with van der Waals surface area (Å²) in [6.07, 6.45) is 12.3. The van der Waals surface area contributed by atoms with Gasteiger partial charge in [0.15, 0.2) is 0 Å². The summed E-state index contributed by atoms with van der Waals surface area (Å²) in [7, 11) is 0. The normalized spacial score (nSPS) is 33.4. The minimum Gasteiger partial charge on any atom is -0.394 e. The average molecular weight is 294 g/mol. The van der Waals surface area contributed by atoms with Gasteiger partial charge in [0.05, 0.1) is 12.1 Å². The van der Waals surface area contributed by atoms with Crippen LogP contribution < -0.4 is 5.32 Å². The first-order valence-electron chi connectivity index (χ1n) is 9.39. The maximum absolute atomic E-state index is 10.2. The van der Waals surface area contributed by atoms with Crippen molar-refractivity contribution >= 4 is 0 Å². The maximum Gasteiger partial charge on any atom is 0.0628 e. The van der Waals surface area contributed by atoms with E-state index in [0.717, 1.165) is 31.5 Å². The van der Waals surface area contributed by atoms with E-state index >= 15 is 0 Å². The van der Waals surface area contributed by atoms with Gasteiger partial charge in [-0.3, -0.25) is 4.90 Å². The predicted octanol–water partition coefficient (Wildman–Crippen LogP) is 2.78. The molecule has 3 fully saturated rings. The standard InChI is InChI=1S/C18H34N2O/c1-2-11-19-18(14-21,16-9-10-16)13-20-12-5-7-15-6-3-4-8-17(15)20/h15-17,19,21H,2-14H2,1H3/t15-,17-,18?/m1/s1. The molecule has 3 nitrogen and oxygen atoms in total. The lowest BCUT2D eigenvalue weighted by Gasteiger charge is -2.48. The lowest BCUT2D eigenvalue weighted by atomic mass is 9.77. The van der Waals surface area contributed by atoms with E-state index in [1.807, 2.05) is 0 Å². The molecule has 0 aromatic carbocycles. The summed E-state index contributed by atoms with van der Waals surface area (Å²) in [5, 5.41) is 13.9. The Morgan fingerprint density at radius 2 is 1.86 bits per heavy atom. The van der Waals surface area contributed by atoms with Gasteiger partial charge in [-0.15, -0.1) is 0 Å². The van der Waals surface area contributed by atoms with Gasteiger partial charge in [-0.05, 0) is 69.9 Å². The highest BCUT2D eigenvalue weighted by molar-refractivity contribution is 5.04. The van der Waals surface area contributed by atoms with Crippen molar-refractivity contribution in [3.05, 3.63) is 0 Å². The molecule has 2 aliphatic carbocycles. The first-order valence-corrected chi connectivity index (χ1v) is 9.39. The maximum atomic E-state index is 10.2. The molecule has 2 saturated carbocycles. The van der Waals surface area contributed by atoms with Crippen molar-refractivity contribution in [3.8, 4) is 0 Å². The number of nitrogens with one attached hydrogen (secondary N) is 1. The summed E-state index contributed by atoms with van der Waals surface area (Å²) in [6, 6.07) is 0.806. The van der Waals surface area contributed by atoms with Gasteiger partial charge in [-0.2, -0.15) is 0 Å². The molecule has 21 heavy (non-hydrogen) atoms. The molecular weight excluding hydrogens is 260 g/mol. The Hall–Kier alpha value is -0.120. The van der Waals surface area contributed by atoms with E-state index in [1.54, 1.807) is 0 Å². The van der Waals surface area contributed by atoms with Gasteiger partial charge in [0.1, 0.15) is 0 Å². The number of aliphatic hydroxyl groups excluding tert-OH is 1. The van der Waals surface area contributed by atoms with Crippen LogP contribution >= 0.6 is 0 Å². The Balaban J connectivity index is 1.68. The van der Waals surface area contributed by atoms with Gasteiger partial charge >= 0.3 is 0 Å². The van der Waals surface area contributed by atoms with Crippen molar-refractivity contribution in [2.45, 2.75) is 76.3 Å². The molecule has 3 atom stereocenters. The monoisotopic (exact) mass is 294 g/mol. The van der Waals surface area contributed by atoms with Crippen LogP contribution in [-0.2, 0) is 0 Å². The molecule has 0 bridgehead atoms. The number of rotatable bonds is 7. The Morgan fingerprint density at radius 3 is 2.57 bits per heavy atom. The zero-order chi connectivity index (χ0) is 14.7.